The highest BCUT2D eigenvalue weighted by Gasteiger charge is 2.30. The Labute approximate surface area is 138 Å². The van der Waals surface area contributed by atoms with Crippen molar-refractivity contribution in [3.05, 3.63) is 70.8 Å². The van der Waals surface area contributed by atoms with Gasteiger partial charge in [0, 0.05) is 0 Å². The van der Waals surface area contributed by atoms with Crippen LogP contribution in [-0.2, 0) is 24.0 Å². The van der Waals surface area contributed by atoms with Crippen LogP contribution in [0.3, 0.4) is 0 Å². The summed E-state index contributed by atoms with van der Waals surface area (Å²) in [5.41, 5.74) is 1.26. The van der Waals surface area contributed by atoms with E-state index in [0.717, 1.165) is 17.7 Å². The van der Waals surface area contributed by atoms with Crippen LogP contribution in [0.2, 0.25) is 0 Å². The average molecular weight is 337 g/mol. The highest BCUT2D eigenvalue weighted by molar-refractivity contribution is 5.79. The van der Waals surface area contributed by atoms with E-state index < -0.39 is 17.8 Å². The molecule has 1 amide bonds. The number of carbonyl (C=O) groups is 1. The minimum atomic E-state index is -4.38. The number of halogens is 3. The van der Waals surface area contributed by atoms with Crippen molar-refractivity contribution in [2.45, 2.75) is 32.2 Å². The lowest BCUT2D eigenvalue weighted by Gasteiger charge is -2.16. The Morgan fingerprint density at radius 2 is 1.67 bits per heavy atom. The molecular weight excluding hydrogens is 319 g/mol. The molecule has 128 valence electrons. The molecule has 1 atom stereocenters. The number of rotatable bonds is 5. The molecule has 2 aromatic carbocycles. The second kappa shape index (κ2) is 7.49. The van der Waals surface area contributed by atoms with Crippen LogP contribution in [0.15, 0.2) is 48.5 Å². The molecular formula is C18H18F3NO2. The van der Waals surface area contributed by atoms with Crippen LogP contribution >= 0.6 is 0 Å². The smallest absolute Gasteiger partial charge is 0.392 e. The van der Waals surface area contributed by atoms with Gasteiger partial charge in [-0.15, -0.1) is 0 Å². The van der Waals surface area contributed by atoms with Crippen LogP contribution in [-0.4, -0.2) is 11.0 Å². The average Bonchev–Trinajstić information content (AvgIpc) is 2.54. The standard InChI is InChI=1S/C18H18F3NO2/c1-12(13-6-8-16(9-7-13)18(19,20)21)22-17(24)10-14-4-2-3-5-15(14)11-23/h2-9,12,23H,10-11H2,1H3,(H,22,24)/t12-/m1/s1. The maximum Gasteiger partial charge on any atom is 0.416 e. The fourth-order valence-corrected chi connectivity index (χ4v) is 2.39. The topological polar surface area (TPSA) is 49.3 Å². The van der Waals surface area contributed by atoms with Crippen molar-refractivity contribution >= 4 is 5.91 Å². The largest absolute Gasteiger partial charge is 0.416 e. The summed E-state index contributed by atoms with van der Waals surface area (Å²) in [5, 5.41) is 12.0. The molecule has 0 heterocycles. The van der Waals surface area contributed by atoms with E-state index in [1.54, 1.807) is 31.2 Å². The minimum Gasteiger partial charge on any atom is -0.392 e. The zero-order valence-electron chi connectivity index (χ0n) is 13.1. The van der Waals surface area contributed by atoms with Crippen LogP contribution in [0.4, 0.5) is 13.2 Å². The van der Waals surface area contributed by atoms with Gasteiger partial charge in [0.25, 0.3) is 0 Å². The van der Waals surface area contributed by atoms with Gasteiger partial charge in [-0.1, -0.05) is 36.4 Å². The Balaban J connectivity index is 2.01. The molecule has 0 aliphatic heterocycles. The van der Waals surface area contributed by atoms with Gasteiger partial charge < -0.3 is 10.4 Å². The third-order valence-corrected chi connectivity index (χ3v) is 3.76. The zero-order chi connectivity index (χ0) is 17.7. The van der Waals surface area contributed by atoms with Gasteiger partial charge in [0.15, 0.2) is 0 Å². The first-order valence-electron chi connectivity index (χ1n) is 7.45. The van der Waals surface area contributed by atoms with Gasteiger partial charge >= 0.3 is 6.18 Å². The lowest BCUT2D eigenvalue weighted by Crippen LogP contribution is -2.28. The third-order valence-electron chi connectivity index (χ3n) is 3.76. The molecule has 2 rings (SSSR count). The van der Waals surface area contributed by atoms with Crippen molar-refractivity contribution < 1.29 is 23.1 Å². The van der Waals surface area contributed by atoms with Gasteiger partial charge in [0.05, 0.1) is 24.6 Å². The van der Waals surface area contributed by atoms with Crippen molar-refractivity contribution in [3.63, 3.8) is 0 Å². The van der Waals surface area contributed by atoms with E-state index in [1.165, 1.54) is 12.1 Å². The molecule has 3 nitrogen and oxygen atoms in total. The Bertz CT molecular complexity index is 696. The molecule has 6 heteroatoms. The molecule has 0 aliphatic carbocycles. The van der Waals surface area contributed by atoms with E-state index in [1.807, 2.05) is 0 Å². The molecule has 0 spiro atoms. The van der Waals surface area contributed by atoms with E-state index in [-0.39, 0.29) is 18.9 Å². The van der Waals surface area contributed by atoms with Crippen LogP contribution in [0.25, 0.3) is 0 Å². The van der Waals surface area contributed by atoms with Crippen molar-refractivity contribution in [3.8, 4) is 0 Å². The highest BCUT2D eigenvalue weighted by Crippen LogP contribution is 2.29. The number of alkyl halides is 3. The number of benzene rings is 2. The van der Waals surface area contributed by atoms with E-state index in [0.29, 0.717) is 11.1 Å². The molecule has 0 bridgehead atoms. The lowest BCUT2D eigenvalue weighted by molar-refractivity contribution is -0.137. The van der Waals surface area contributed by atoms with Crippen LogP contribution in [0, 0.1) is 0 Å². The number of aliphatic hydroxyl groups is 1. The molecule has 0 saturated carbocycles. The molecule has 0 unspecified atom stereocenters. The molecule has 0 aromatic heterocycles. The number of amides is 1. The summed E-state index contributed by atoms with van der Waals surface area (Å²) in [7, 11) is 0. The van der Waals surface area contributed by atoms with Crippen LogP contribution in [0.1, 0.15) is 35.2 Å². The van der Waals surface area contributed by atoms with E-state index in [2.05, 4.69) is 5.32 Å². The Hall–Kier alpha value is -2.34. The fourth-order valence-electron chi connectivity index (χ4n) is 2.39. The van der Waals surface area contributed by atoms with Gasteiger partial charge in [-0.2, -0.15) is 13.2 Å². The SMILES string of the molecule is C[C@@H](NC(=O)Cc1ccccc1CO)c1ccc(C(F)(F)F)cc1. The monoisotopic (exact) mass is 337 g/mol. The molecule has 2 aromatic rings. The number of hydrogen-bond acceptors (Lipinski definition) is 2. The molecule has 2 N–H and O–H groups in total. The maximum atomic E-state index is 12.6. The first kappa shape index (κ1) is 18.0. The van der Waals surface area contributed by atoms with Gasteiger partial charge in [-0.05, 0) is 35.7 Å². The van der Waals surface area contributed by atoms with Crippen LogP contribution < -0.4 is 5.32 Å². The molecule has 0 aliphatic rings. The second-order valence-electron chi connectivity index (χ2n) is 5.51. The van der Waals surface area contributed by atoms with Gasteiger partial charge in [0.2, 0.25) is 5.91 Å². The molecule has 24 heavy (non-hydrogen) atoms. The van der Waals surface area contributed by atoms with Gasteiger partial charge in [-0.3, -0.25) is 4.79 Å². The second-order valence-corrected chi connectivity index (χ2v) is 5.51. The normalized spacial score (nSPS) is 12.7. The van der Waals surface area contributed by atoms with E-state index >= 15 is 0 Å². The predicted octanol–water partition coefficient (Wildman–Crippen LogP) is 3.62. The quantitative estimate of drug-likeness (QED) is 0.875. The number of carbonyl (C=O) groups excluding carboxylic acids is 1. The number of nitrogens with one attached hydrogen (secondary N) is 1. The Morgan fingerprint density at radius 1 is 1.08 bits per heavy atom. The van der Waals surface area contributed by atoms with Crippen LogP contribution in [0.5, 0.6) is 0 Å². The van der Waals surface area contributed by atoms with Gasteiger partial charge in [-0.25, -0.2) is 0 Å². The minimum absolute atomic E-state index is 0.0989. The lowest BCUT2D eigenvalue weighted by atomic mass is 10.0. The summed E-state index contributed by atoms with van der Waals surface area (Å²) in [6, 6.07) is 11.3. The predicted molar refractivity (Wildman–Crippen MR) is 84.1 cm³/mol. The van der Waals surface area contributed by atoms with E-state index in [4.69, 9.17) is 0 Å². The Morgan fingerprint density at radius 3 is 2.21 bits per heavy atom. The maximum absolute atomic E-state index is 12.6. The number of hydrogen-bond donors (Lipinski definition) is 2. The highest BCUT2D eigenvalue weighted by atomic mass is 19.4. The van der Waals surface area contributed by atoms with Crippen molar-refractivity contribution in [1.82, 2.24) is 5.32 Å². The van der Waals surface area contributed by atoms with Crippen molar-refractivity contribution in [2.75, 3.05) is 0 Å². The summed E-state index contributed by atoms with van der Waals surface area (Å²) in [5.74, 6) is -0.261. The molecule has 0 fully saturated rings. The van der Waals surface area contributed by atoms with E-state index in [9.17, 15) is 23.1 Å². The fraction of sp³-hybridized carbons (Fsp3) is 0.278. The summed E-state index contributed by atoms with van der Waals surface area (Å²) < 4.78 is 37.7. The third kappa shape index (κ3) is 4.58. The molecule has 0 saturated heterocycles. The summed E-state index contributed by atoms with van der Waals surface area (Å²) in [4.78, 5) is 12.1. The first-order valence-corrected chi connectivity index (χ1v) is 7.45. The van der Waals surface area contributed by atoms with Crippen molar-refractivity contribution in [2.24, 2.45) is 0 Å². The summed E-state index contributed by atoms with van der Waals surface area (Å²) >= 11 is 0. The molecule has 0 radical (unpaired) electrons. The van der Waals surface area contributed by atoms with Gasteiger partial charge in [0.1, 0.15) is 0 Å². The van der Waals surface area contributed by atoms with Crippen molar-refractivity contribution in [1.29, 1.82) is 0 Å². The number of aliphatic hydroxyl groups excluding tert-OH is 1. The summed E-state index contributed by atoms with van der Waals surface area (Å²) in [6.07, 6.45) is -4.28. The Kier molecular flexibility index (Phi) is 5.62. The summed E-state index contributed by atoms with van der Waals surface area (Å²) in [6.45, 7) is 1.55. The zero-order valence-corrected chi connectivity index (χ0v) is 13.1. The first-order chi connectivity index (χ1) is 11.3.